The second-order valence-electron chi connectivity index (χ2n) is 17.9. The lowest BCUT2D eigenvalue weighted by atomic mass is 9.79. The molecule has 0 spiro atoms. The highest BCUT2D eigenvalue weighted by atomic mass is 16.8. The van der Waals surface area contributed by atoms with Gasteiger partial charge in [0.15, 0.2) is 0 Å². The molecule has 8 nitrogen and oxygen atoms in total. The first-order chi connectivity index (χ1) is 29.7. The van der Waals surface area contributed by atoms with Gasteiger partial charge in [0, 0.05) is 0 Å². The fourth-order valence-corrected chi connectivity index (χ4v) is 8.97. The molecular formula is C50H82B2O8. The van der Waals surface area contributed by atoms with Crippen LogP contribution < -0.4 is 20.4 Å². The zero-order valence-corrected chi connectivity index (χ0v) is 37.9. The van der Waals surface area contributed by atoms with Crippen LogP contribution in [-0.2, 0) is 23.4 Å². The van der Waals surface area contributed by atoms with Gasteiger partial charge >= 0.3 is 14.2 Å². The summed E-state index contributed by atoms with van der Waals surface area (Å²) in [6, 6.07) is 15.8. The Morgan fingerprint density at radius 3 is 1.28 bits per heavy atom. The van der Waals surface area contributed by atoms with Crippen molar-refractivity contribution in [2.75, 3.05) is 26.4 Å². The van der Waals surface area contributed by atoms with Crippen molar-refractivity contribution in [3.63, 3.8) is 0 Å². The van der Waals surface area contributed by atoms with E-state index < -0.39 is 32.2 Å². The van der Waals surface area contributed by atoms with Gasteiger partial charge in [0.2, 0.25) is 5.79 Å². The lowest BCUT2D eigenvalue weighted by Gasteiger charge is -2.41. The minimum Gasteiger partial charge on any atom is -0.494 e. The van der Waals surface area contributed by atoms with Crippen molar-refractivity contribution in [3.8, 4) is 11.5 Å². The van der Waals surface area contributed by atoms with Crippen LogP contribution in [-0.4, -0.2) is 69.9 Å². The molecular weight excluding hydrogens is 750 g/mol. The van der Waals surface area contributed by atoms with Crippen molar-refractivity contribution in [1.29, 1.82) is 0 Å². The third-order valence-corrected chi connectivity index (χ3v) is 12.8. The molecule has 0 aliphatic carbocycles. The molecule has 3 fully saturated rings. The summed E-state index contributed by atoms with van der Waals surface area (Å²) in [6.07, 6.45) is 36.3. The van der Waals surface area contributed by atoms with Gasteiger partial charge in [0.1, 0.15) is 17.6 Å². The summed E-state index contributed by atoms with van der Waals surface area (Å²) < 4.78 is 43.8. The van der Waals surface area contributed by atoms with Crippen molar-refractivity contribution in [2.24, 2.45) is 0 Å². The molecule has 1 N–H and O–H groups in total. The van der Waals surface area contributed by atoms with Crippen LogP contribution in [0, 0.1) is 0 Å². The number of ether oxygens (including phenoxy) is 3. The predicted octanol–water partition coefficient (Wildman–Crippen LogP) is 11.4. The first-order valence-electron chi connectivity index (χ1n) is 25.0. The smallest absolute Gasteiger partial charge is 0.494 e. The second kappa shape index (κ2) is 29.3. The van der Waals surface area contributed by atoms with Crippen LogP contribution in [0.1, 0.15) is 194 Å². The Labute approximate surface area is 366 Å². The van der Waals surface area contributed by atoms with E-state index in [1.165, 1.54) is 167 Å². The molecule has 0 radical (unpaired) electrons. The average molecular weight is 833 g/mol. The zero-order valence-electron chi connectivity index (χ0n) is 37.9. The predicted molar refractivity (Wildman–Crippen MR) is 247 cm³/mol. The molecule has 3 aliphatic rings. The highest BCUT2D eigenvalue weighted by Crippen LogP contribution is 2.40. The number of hydrogen-bond acceptors (Lipinski definition) is 8. The average Bonchev–Trinajstić information content (AvgIpc) is 3.90. The lowest BCUT2D eigenvalue weighted by molar-refractivity contribution is -0.270. The van der Waals surface area contributed by atoms with Crippen molar-refractivity contribution < 1.29 is 37.9 Å². The van der Waals surface area contributed by atoms with Crippen LogP contribution >= 0.6 is 0 Å². The molecule has 0 unspecified atom stereocenters. The summed E-state index contributed by atoms with van der Waals surface area (Å²) in [5.41, 5.74) is 1.74. The summed E-state index contributed by atoms with van der Waals surface area (Å²) in [7, 11) is -1.28. The summed E-state index contributed by atoms with van der Waals surface area (Å²) >= 11 is 0. The summed E-state index contributed by atoms with van der Waals surface area (Å²) in [5.74, 6) is 0.365. The Morgan fingerprint density at radius 2 is 0.883 bits per heavy atom. The maximum atomic E-state index is 10.5. The molecule has 0 bridgehead atoms. The van der Waals surface area contributed by atoms with Crippen LogP contribution in [0.2, 0.25) is 0 Å². The number of rotatable bonds is 35. The van der Waals surface area contributed by atoms with Gasteiger partial charge in [-0.3, -0.25) is 0 Å². The van der Waals surface area contributed by atoms with E-state index in [0.717, 1.165) is 41.9 Å². The van der Waals surface area contributed by atoms with Crippen LogP contribution in [0.3, 0.4) is 0 Å². The number of benzene rings is 2. The second-order valence-corrected chi connectivity index (χ2v) is 17.9. The molecule has 4 atom stereocenters. The van der Waals surface area contributed by atoms with E-state index in [2.05, 4.69) is 13.8 Å². The Hall–Kier alpha value is -2.07. The molecule has 5 rings (SSSR count). The first-order valence-corrected chi connectivity index (χ1v) is 25.0. The van der Waals surface area contributed by atoms with Crippen molar-refractivity contribution >= 4 is 25.2 Å². The maximum Gasteiger partial charge on any atom is 0.496 e. The first kappa shape index (κ1) is 49.0. The maximum absolute atomic E-state index is 10.5. The number of fused-ring (bicyclic) bond motifs is 3. The van der Waals surface area contributed by atoms with Gasteiger partial charge in [-0.2, -0.15) is 0 Å². The summed E-state index contributed by atoms with van der Waals surface area (Å²) in [5, 5.41) is 10.5. The van der Waals surface area contributed by atoms with Gasteiger partial charge in [-0.25, -0.2) is 0 Å². The SMILES string of the molecule is CCCCCCCCCCCCCCCCOc1ccc(B2O[C@@H]3[C@@H](CO[C@@]4(CO)OB(c5ccc(OCCCCCCCCCCCCCCCC)cc5)O[C@@H]34)O2)cc1. The van der Waals surface area contributed by atoms with E-state index in [1.807, 2.05) is 48.5 Å². The Kier molecular flexibility index (Phi) is 23.9. The molecule has 0 saturated carbocycles. The van der Waals surface area contributed by atoms with E-state index in [-0.39, 0.29) is 19.3 Å². The Bertz CT molecular complexity index is 1370. The molecule has 3 saturated heterocycles. The number of aliphatic hydroxyl groups is 1. The number of hydrogen-bond donors (Lipinski definition) is 1. The van der Waals surface area contributed by atoms with Gasteiger partial charge in [-0.1, -0.05) is 205 Å². The third-order valence-electron chi connectivity index (χ3n) is 12.8. The van der Waals surface area contributed by atoms with Crippen molar-refractivity contribution in [3.05, 3.63) is 48.5 Å². The monoisotopic (exact) mass is 833 g/mol. The molecule has 60 heavy (non-hydrogen) atoms. The molecule has 2 aromatic rings. The molecule has 336 valence electrons. The lowest BCUT2D eigenvalue weighted by Crippen LogP contribution is -2.60. The summed E-state index contributed by atoms with van der Waals surface area (Å²) in [6.45, 7) is 5.90. The fourth-order valence-electron chi connectivity index (χ4n) is 8.97. The van der Waals surface area contributed by atoms with Crippen LogP contribution in [0.4, 0.5) is 0 Å². The van der Waals surface area contributed by atoms with E-state index in [0.29, 0.717) is 6.61 Å². The van der Waals surface area contributed by atoms with E-state index in [9.17, 15) is 5.11 Å². The molecule has 0 aromatic heterocycles. The number of aliphatic hydroxyl groups excluding tert-OH is 1. The third kappa shape index (κ3) is 16.9. The van der Waals surface area contributed by atoms with Gasteiger partial charge in [0.25, 0.3) is 0 Å². The Morgan fingerprint density at radius 1 is 0.500 bits per heavy atom. The topological polar surface area (TPSA) is 84.8 Å². The van der Waals surface area contributed by atoms with Gasteiger partial charge in [-0.05, 0) is 48.0 Å². The highest BCUT2D eigenvalue weighted by Gasteiger charge is 2.63. The molecule has 3 heterocycles. The quantitative estimate of drug-likeness (QED) is 0.0543. The fraction of sp³-hybridized carbons (Fsp3) is 0.760. The number of unbranched alkanes of at least 4 members (excludes halogenated alkanes) is 26. The van der Waals surface area contributed by atoms with Crippen LogP contribution in [0.15, 0.2) is 48.5 Å². The molecule has 3 aliphatic heterocycles. The molecule has 0 amide bonds. The van der Waals surface area contributed by atoms with E-state index in [4.69, 9.17) is 32.8 Å². The van der Waals surface area contributed by atoms with Crippen LogP contribution in [0.5, 0.6) is 11.5 Å². The normalized spacial score (nSPS) is 21.1. The minimum absolute atomic E-state index is 0.237. The Balaban J connectivity index is 0.923. The van der Waals surface area contributed by atoms with Crippen molar-refractivity contribution in [2.45, 2.75) is 218 Å². The highest BCUT2D eigenvalue weighted by molar-refractivity contribution is 6.62. The minimum atomic E-state index is -1.32. The van der Waals surface area contributed by atoms with Gasteiger partial charge in [-0.15, -0.1) is 0 Å². The largest absolute Gasteiger partial charge is 0.496 e. The van der Waals surface area contributed by atoms with Crippen LogP contribution in [0.25, 0.3) is 0 Å². The zero-order chi connectivity index (χ0) is 41.9. The van der Waals surface area contributed by atoms with E-state index >= 15 is 0 Å². The van der Waals surface area contributed by atoms with Gasteiger partial charge in [0.05, 0.1) is 38.6 Å². The molecule has 10 heteroatoms. The summed E-state index contributed by atoms with van der Waals surface area (Å²) in [4.78, 5) is 0. The van der Waals surface area contributed by atoms with E-state index in [1.54, 1.807) is 0 Å². The standard InChI is InChI=1S/C50H82B2O8/c1-3-5-7-9-11-13-15-17-19-21-23-25-27-29-39-54-45-35-31-43(32-36-45)51-57-47-41-56-50(42-53)49(48(47)58-51)59-52(60-50)44-33-37-46(38-34-44)55-40-30-28-26-24-22-20-18-16-14-12-10-8-6-4-2/h31-38,47-49,53H,3-30,39-42H2,1-2H3/t47-,48-,49+,50+/m1/s1. The molecule has 2 aromatic carbocycles. The van der Waals surface area contributed by atoms with Gasteiger partial charge < -0.3 is 37.9 Å². The van der Waals surface area contributed by atoms with Crippen molar-refractivity contribution in [1.82, 2.24) is 0 Å².